The van der Waals surface area contributed by atoms with Crippen molar-refractivity contribution >= 4 is 31.1 Å². The molecule has 120 valence electrons. The molecule has 0 N–H and O–H groups in total. The number of hydrogen-bond donors (Lipinski definition) is 0. The molecule has 0 unspecified atom stereocenters. The van der Waals surface area contributed by atoms with Crippen molar-refractivity contribution in [3.05, 3.63) is 46.6 Å². The Morgan fingerprint density at radius 1 is 0.909 bits per heavy atom. The average Bonchev–Trinajstić information content (AvgIpc) is 2.36. The fraction of sp³-hybridized carbons (Fsp3) is 0.0909. The van der Waals surface area contributed by atoms with Gasteiger partial charge in [0.25, 0.3) is 0 Å². The lowest BCUT2D eigenvalue weighted by atomic mass is 10.1. The molecule has 0 amide bonds. The first-order valence-corrected chi connectivity index (χ1v) is 8.30. The normalized spacial score (nSPS) is 13.2. The van der Waals surface area contributed by atoms with Crippen LogP contribution in [0.15, 0.2) is 42.5 Å². The largest absolute Gasteiger partial charge is 0.480 e. The van der Waals surface area contributed by atoms with Crippen LogP contribution in [0.4, 0.5) is 13.2 Å². The number of rotatable bonds is 4. The maximum atomic E-state index is 12.2. The summed E-state index contributed by atoms with van der Waals surface area (Å²) in [4.78, 5) is 0. The van der Waals surface area contributed by atoms with Gasteiger partial charge in [0, 0.05) is 5.39 Å². The maximum absolute atomic E-state index is 12.2. The summed E-state index contributed by atoms with van der Waals surface area (Å²) in [6.45, 7) is 0. The Kier molecular flexibility index (Phi) is 4.06. The summed E-state index contributed by atoms with van der Waals surface area (Å²) in [5.41, 5.74) is -5.83. The topological polar surface area (TPSA) is 91.6 Å². The Morgan fingerprint density at radius 3 is 2.14 bits per heavy atom. The molecule has 0 radical (unpaired) electrons. The smallest absolute Gasteiger partial charge is 0.394 e. The molecule has 0 atom stereocenters. The van der Waals surface area contributed by atoms with E-state index in [1.54, 1.807) is 24.3 Å². The van der Waals surface area contributed by atoms with Gasteiger partial charge in [-0.2, -0.15) is 13.2 Å². The van der Waals surface area contributed by atoms with E-state index in [-0.39, 0.29) is 11.1 Å². The molecule has 2 aromatic rings. The van der Waals surface area contributed by atoms with Gasteiger partial charge in [-0.05, 0) is 11.5 Å². The van der Waals surface area contributed by atoms with Crippen LogP contribution < -0.4 is 4.18 Å². The van der Waals surface area contributed by atoms with Gasteiger partial charge >= 0.3 is 5.51 Å². The van der Waals surface area contributed by atoms with Gasteiger partial charge in [0.05, 0.1) is 0 Å². The van der Waals surface area contributed by atoms with Crippen LogP contribution in [-0.4, -0.2) is 22.3 Å². The molecule has 22 heavy (non-hydrogen) atoms. The first-order valence-electron chi connectivity index (χ1n) is 5.50. The van der Waals surface area contributed by atoms with Crippen molar-refractivity contribution in [3.63, 3.8) is 0 Å². The summed E-state index contributed by atoms with van der Waals surface area (Å²) >= 11 is 0. The standard InChI is InChI=1S/C11H7F3NO5S2/c12-11(13,14)21(16,17)15-22(18,19)20-10-7-3-5-8-4-1-2-6-9(8)10/h1-7H/q-1. The van der Waals surface area contributed by atoms with E-state index in [1.807, 2.05) is 4.13 Å². The highest BCUT2D eigenvalue weighted by Crippen LogP contribution is 2.32. The fourth-order valence-electron chi connectivity index (χ4n) is 1.56. The second kappa shape index (κ2) is 5.41. The zero-order valence-electron chi connectivity index (χ0n) is 10.5. The molecule has 2 rings (SSSR count). The number of hydrogen-bond acceptors (Lipinski definition) is 5. The molecule has 11 heteroatoms. The summed E-state index contributed by atoms with van der Waals surface area (Å²) < 4.78 is 87.1. The van der Waals surface area contributed by atoms with Crippen LogP contribution in [0.25, 0.3) is 14.9 Å². The summed E-state index contributed by atoms with van der Waals surface area (Å²) in [7, 11) is -11.6. The Morgan fingerprint density at radius 2 is 1.50 bits per heavy atom. The predicted molar refractivity (Wildman–Crippen MR) is 71.8 cm³/mol. The first kappa shape index (κ1) is 16.5. The van der Waals surface area contributed by atoms with E-state index < -0.39 is 25.8 Å². The van der Waals surface area contributed by atoms with Crippen LogP contribution in [0.3, 0.4) is 0 Å². The minimum atomic E-state index is -6.22. The highest BCUT2D eigenvalue weighted by molar-refractivity contribution is 8.10. The summed E-state index contributed by atoms with van der Waals surface area (Å²) in [6.07, 6.45) is 0. The van der Waals surface area contributed by atoms with Crippen molar-refractivity contribution in [2.45, 2.75) is 5.51 Å². The van der Waals surface area contributed by atoms with Gasteiger partial charge in [0.1, 0.15) is 5.75 Å². The number of halogens is 3. The first-order chi connectivity index (χ1) is 10.0. The van der Waals surface area contributed by atoms with Gasteiger partial charge in [0.2, 0.25) is 10.3 Å². The van der Waals surface area contributed by atoms with Crippen molar-refractivity contribution < 1.29 is 34.2 Å². The molecule has 6 nitrogen and oxygen atoms in total. The van der Waals surface area contributed by atoms with Gasteiger partial charge in [-0.3, -0.25) is 0 Å². The fourth-order valence-corrected chi connectivity index (χ4v) is 3.35. The van der Waals surface area contributed by atoms with Crippen molar-refractivity contribution in [2.24, 2.45) is 0 Å². The van der Waals surface area contributed by atoms with E-state index in [1.165, 1.54) is 12.1 Å². The number of sulfonamides is 1. The number of benzene rings is 2. The third kappa shape index (κ3) is 3.48. The van der Waals surface area contributed by atoms with Gasteiger partial charge in [-0.15, -0.1) is 0 Å². The van der Waals surface area contributed by atoms with E-state index in [0.717, 1.165) is 6.07 Å². The van der Waals surface area contributed by atoms with E-state index in [9.17, 15) is 30.0 Å². The Labute approximate surface area is 123 Å². The predicted octanol–water partition coefficient (Wildman–Crippen LogP) is 2.69. The van der Waals surface area contributed by atoms with E-state index in [2.05, 4.69) is 4.18 Å². The van der Waals surface area contributed by atoms with Crippen molar-refractivity contribution in [2.75, 3.05) is 0 Å². The third-order valence-corrected chi connectivity index (χ3v) is 4.92. The molecule has 0 aliphatic heterocycles. The number of nitrogens with zero attached hydrogens (tertiary/aromatic N) is 1. The zero-order chi connectivity index (χ0) is 16.6. The van der Waals surface area contributed by atoms with Crippen LogP contribution in [0.2, 0.25) is 0 Å². The van der Waals surface area contributed by atoms with Crippen LogP contribution in [-0.2, 0) is 20.3 Å². The monoisotopic (exact) mass is 354 g/mol. The van der Waals surface area contributed by atoms with Gasteiger partial charge in [-0.1, -0.05) is 36.4 Å². The van der Waals surface area contributed by atoms with Crippen LogP contribution in [0, 0.1) is 0 Å². The van der Waals surface area contributed by atoms with Crippen molar-refractivity contribution in [3.8, 4) is 5.75 Å². The lowest BCUT2D eigenvalue weighted by Gasteiger charge is -2.22. The summed E-state index contributed by atoms with van der Waals surface area (Å²) in [6, 6.07) is 10.4. The molecule has 0 fully saturated rings. The van der Waals surface area contributed by atoms with Crippen molar-refractivity contribution in [1.29, 1.82) is 0 Å². The van der Waals surface area contributed by atoms with Gasteiger partial charge in [0.15, 0.2) is 10.0 Å². The lowest BCUT2D eigenvalue weighted by molar-refractivity contribution is -0.0425. The highest BCUT2D eigenvalue weighted by Gasteiger charge is 2.40. The van der Waals surface area contributed by atoms with Crippen LogP contribution in [0.1, 0.15) is 0 Å². The molecule has 0 saturated heterocycles. The van der Waals surface area contributed by atoms with E-state index in [0.29, 0.717) is 5.39 Å². The summed E-state index contributed by atoms with van der Waals surface area (Å²) in [5.74, 6) is -0.334. The zero-order valence-corrected chi connectivity index (χ0v) is 12.1. The second-order valence-corrected chi connectivity index (χ2v) is 7.02. The van der Waals surface area contributed by atoms with Gasteiger partial charge < -0.3 is 8.31 Å². The minimum absolute atomic E-state index is 0.271. The summed E-state index contributed by atoms with van der Waals surface area (Å²) in [5, 5.41) is 0.821. The second-order valence-electron chi connectivity index (χ2n) is 3.98. The molecule has 0 saturated carbocycles. The SMILES string of the molecule is O=S(=O)([N-]S(=O)(=O)C(F)(F)F)Oc1cccc2ccccc12. The van der Waals surface area contributed by atoms with Crippen LogP contribution in [0.5, 0.6) is 5.75 Å². The quantitative estimate of drug-likeness (QED) is 0.842. The maximum Gasteiger partial charge on any atom is 0.480 e. The Balaban J connectivity index is 2.37. The van der Waals surface area contributed by atoms with Gasteiger partial charge in [-0.25, -0.2) is 16.8 Å². The van der Waals surface area contributed by atoms with E-state index in [4.69, 9.17) is 0 Å². The molecular weight excluding hydrogens is 347 g/mol. The number of alkyl halides is 3. The Hall–Kier alpha value is -1.85. The third-order valence-electron chi connectivity index (χ3n) is 2.43. The van der Waals surface area contributed by atoms with Crippen LogP contribution >= 0.6 is 0 Å². The average molecular weight is 354 g/mol. The molecule has 0 bridgehead atoms. The molecule has 0 spiro atoms. The van der Waals surface area contributed by atoms with Crippen molar-refractivity contribution in [1.82, 2.24) is 0 Å². The Bertz CT molecular complexity index is 901. The molecule has 2 aromatic carbocycles. The minimum Gasteiger partial charge on any atom is -0.394 e. The van der Waals surface area contributed by atoms with E-state index >= 15 is 0 Å². The molecule has 0 heterocycles. The number of fused-ring (bicyclic) bond motifs is 1. The molecular formula is C11H7F3NO5S2-. The molecule has 0 aromatic heterocycles. The lowest BCUT2D eigenvalue weighted by Crippen LogP contribution is -2.25. The highest BCUT2D eigenvalue weighted by atomic mass is 32.3. The molecule has 0 aliphatic carbocycles. The molecule has 0 aliphatic rings.